The number of aromatic nitrogens is 3. The number of carbonyl (C=O) groups excluding carboxylic acids is 2. The van der Waals surface area contributed by atoms with Gasteiger partial charge in [-0.2, -0.15) is 0 Å². The highest BCUT2D eigenvalue weighted by atomic mass is 35.5. The Balaban J connectivity index is 1.70. The normalized spacial score (nSPS) is 10.2. The van der Waals surface area contributed by atoms with E-state index in [4.69, 9.17) is 16.3 Å². The SMILES string of the molecule is C=CCn1c(C)nnc1SCC(=O)NNC(=O)COc1ccc(Cl)cc1. The zero-order chi connectivity index (χ0) is 18.9. The van der Waals surface area contributed by atoms with E-state index in [1.54, 1.807) is 30.3 Å². The van der Waals surface area contributed by atoms with Crippen LogP contribution in [0.1, 0.15) is 5.82 Å². The van der Waals surface area contributed by atoms with Crippen LogP contribution in [0.4, 0.5) is 0 Å². The lowest BCUT2D eigenvalue weighted by molar-refractivity contribution is -0.128. The van der Waals surface area contributed by atoms with E-state index in [0.29, 0.717) is 22.5 Å². The molecule has 0 bridgehead atoms. The van der Waals surface area contributed by atoms with E-state index in [2.05, 4.69) is 27.6 Å². The van der Waals surface area contributed by atoms with Crippen LogP contribution in [0.25, 0.3) is 0 Å². The van der Waals surface area contributed by atoms with Crippen molar-refractivity contribution >= 4 is 35.2 Å². The quantitative estimate of drug-likeness (QED) is 0.401. The summed E-state index contributed by atoms with van der Waals surface area (Å²) in [6.45, 7) is 5.82. The number of ether oxygens (including phenoxy) is 1. The first-order valence-corrected chi connectivity index (χ1v) is 8.95. The molecule has 8 nitrogen and oxygen atoms in total. The van der Waals surface area contributed by atoms with Crippen LogP contribution in [0.3, 0.4) is 0 Å². The van der Waals surface area contributed by atoms with Crippen LogP contribution in [-0.2, 0) is 16.1 Å². The van der Waals surface area contributed by atoms with Crippen molar-refractivity contribution in [3.63, 3.8) is 0 Å². The standard InChI is InChI=1S/C16H18ClN5O3S/c1-3-8-22-11(2)18-21-16(22)26-10-15(24)20-19-14(23)9-25-13-6-4-12(17)5-7-13/h3-7H,1,8-10H2,2H3,(H,19,23)(H,20,24). The zero-order valence-corrected chi connectivity index (χ0v) is 15.6. The van der Waals surface area contributed by atoms with Gasteiger partial charge in [-0.25, -0.2) is 0 Å². The molecule has 0 atom stereocenters. The minimum Gasteiger partial charge on any atom is -0.484 e. The van der Waals surface area contributed by atoms with E-state index in [-0.39, 0.29) is 18.3 Å². The lowest BCUT2D eigenvalue weighted by Crippen LogP contribution is -2.44. The number of hydrazine groups is 1. The number of allylic oxidation sites excluding steroid dienone is 1. The molecule has 1 aromatic heterocycles. The Morgan fingerprint density at radius 3 is 2.65 bits per heavy atom. The van der Waals surface area contributed by atoms with Crippen molar-refractivity contribution in [3.05, 3.63) is 47.8 Å². The second kappa shape index (κ2) is 9.83. The van der Waals surface area contributed by atoms with Crippen LogP contribution >= 0.6 is 23.4 Å². The Morgan fingerprint density at radius 1 is 1.27 bits per heavy atom. The Hall–Kier alpha value is -2.52. The summed E-state index contributed by atoms with van der Waals surface area (Å²) in [5.41, 5.74) is 4.60. The summed E-state index contributed by atoms with van der Waals surface area (Å²) in [4.78, 5) is 23.5. The molecule has 26 heavy (non-hydrogen) atoms. The van der Waals surface area contributed by atoms with Crippen molar-refractivity contribution in [2.75, 3.05) is 12.4 Å². The number of carbonyl (C=O) groups is 2. The first-order chi connectivity index (χ1) is 12.5. The molecule has 0 aliphatic rings. The van der Waals surface area contributed by atoms with Crippen LogP contribution in [-0.4, -0.2) is 38.9 Å². The van der Waals surface area contributed by atoms with Crippen molar-refractivity contribution in [1.82, 2.24) is 25.6 Å². The summed E-state index contributed by atoms with van der Waals surface area (Å²) in [7, 11) is 0. The Labute approximate surface area is 159 Å². The third kappa shape index (κ3) is 6.08. The molecule has 2 rings (SSSR count). The molecular formula is C16H18ClN5O3S. The van der Waals surface area contributed by atoms with Crippen LogP contribution in [0.2, 0.25) is 5.02 Å². The molecule has 0 unspecified atom stereocenters. The highest BCUT2D eigenvalue weighted by Gasteiger charge is 2.11. The van der Waals surface area contributed by atoms with E-state index in [1.807, 2.05) is 11.5 Å². The van der Waals surface area contributed by atoms with Crippen LogP contribution < -0.4 is 15.6 Å². The first kappa shape index (κ1) is 19.8. The molecule has 2 N–H and O–H groups in total. The molecule has 0 radical (unpaired) electrons. The van der Waals surface area contributed by atoms with Gasteiger partial charge in [0.15, 0.2) is 11.8 Å². The fraction of sp³-hybridized carbons (Fsp3) is 0.250. The molecule has 0 fully saturated rings. The maximum Gasteiger partial charge on any atom is 0.276 e. The Bertz CT molecular complexity index is 779. The average Bonchev–Trinajstić information content (AvgIpc) is 2.98. The van der Waals surface area contributed by atoms with Gasteiger partial charge in [0.25, 0.3) is 5.91 Å². The summed E-state index contributed by atoms with van der Waals surface area (Å²) in [6.07, 6.45) is 1.72. The van der Waals surface area contributed by atoms with Crippen LogP contribution in [0.5, 0.6) is 5.75 Å². The highest BCUT2D eigenvalue weighted by Crippen LogP contribution is 2.16. The number of nitrogens with one attached hydrogen (secondary N) is 2. The lowest BCUT2D eigenvalue weighted by atomic mass is 10.3. The molecule has 0 aliphatic carbocycles. The average molecular weight is 396 g/mol. The van der Waals surface area contributed by atoms with Gasteiger partial charge in [-0.3, -0.25) is 20.4 Å². The van der Waals surface area contributed by atoms with Crippen LogP contribution in [0.15, 0.2) is 42.1 Å². The smallest absolute Gasteiger partial charge is 0.276 e. The number of thioether (sulfide) groups is 1. The summed E-state index contributed by atoms with van der Waals surface area (Å²) >= 11 is 6.98. The monoisotopic (exact) mass is 395 g/mol. The first-order valence-electron chi connectivity index (χ1n) is 7.59. The Morgan fingerprint density at radius 2 is 1.96 bits per heavy atom. The summed E-state index contributed by atoms with van der Waals surface area (Å²) < 4.78 is 7.11. The number of hydrogen-bond donors (Lipinski definition) is 2. The van der Waals surface area contributed by atoms with Gasteiger partial charge in [0, 0.05) is 11.6 Å². The predicted octanol–water partition coefficient (Wildman–Crippen LogP) is 1.74. The van der Waals surface area contributed by atoms with Gasteiger partial charge in [-0.1, -0.05) is 29.4 Å². The van der Waals surface area contributed by atoms with Gasteiger partial charge >= 0.3 is 0 Å². The molecule has 2 amide bonds. The van der Waals surface area contributed by atoms with Crippen molar-refractivity contribution < 1.29 is 14.3 Å². The molecule has 0 saturated carbocycles. The summed E-state index contributed by atoms with van der Waals surface area (Å²) in [5, 5.41) is 9.15. The number of aryl methyl sites for hydroxylation is 1. The molecule has 1 heterocycles. The number of nitrogens with zero attached hydrogens (tertiary/aromatic N) is 3. The fourth-order valence-corrected chi connectivity index (χ4v) is 2.75. The van der Waals surface area contributed by atoms with Crippen molar-refractivity contribution in [2.24, 2.45) is 0 Å². The number of hydrogen-bond acceptors (Lipinski definition) is 6. The van der Waals surface area contributed by atoms with E-state index in [9.17, 15) is 9.59 Å². The maximum absolute atomic E-state index is 11.8. The highest BCUT2D eigenvalue weighted by molar-refractivity contribution is 7.99. The third-order valence-corrected chi connectivity index (χ3v) is 4.29. The molecule has 138 valence electrons. The number of rotatable bonds is 8. The van der Waals surface area contributed by atoms with E-state index >= 15 is 0 Å². The fourth-order valence-electron chi connectivity index (χ4n) is 1.83. The second-order valence-electron chi connectivity index (χ2n) is 5.06. The molecule has 0 aliphatic heterocycles. The Kier molecular flexibility index (Phi) is 7.49. The van der Waals surface area contributed by atoms with Crippen molar-refractivity contribution in [3.8, 4) is 5.75 Å². The molecule has 0 saturated heterocycles. The minimum atomic E-state index is -0.482. The third-order valence-electron chi connectivity index (χ3n) is 3.07. The molecular weight excluding hydrogens is 378 g/mol. The van der Waals surface area contributed by atoms with Crippen molar-refractivity contribution in [1.29, 1.82) is 0 Å². The van der Waals surface area contributed by atoms with Gasteiger partial charge in [-0.15, -0.1) is 16.8 Å². The minimum absolute atomic E-state index is 0.0770. The summed E-state index contributed by atoms with van der Waals surface area (Å²) in [6, 6.07) is 6.60. The zero-order valence-electron chi connectivity index (χ0n) is 14.1. The van der Waals surface area contributed by atoms with Crippen molar-refractivity contribution in [2.45, 2.75) is 18.6 Å². The van der Waals surface area contributed by atoms with Gasteiger partial charge in [0.2, 0.25) is 5.91 Å². The number of amides is 2. The topological polar surface area (TPSA) is 98.1 Å². The van der Waals surface area contributed by atoms with E-state index in [1.165, 1.54) is 11.8 Å². The van der Waals surface area contributed by atoms with E-state index in [0.717, 1.165) is 5.82 Å². The second-order valence-corrected chi connectivity index (χ2v) is 6.44. The van der Waals surface area contributed by atoms with Gasteiger partial charge in [0.05, 0.1) is 5.75 Å². The van der Waals surface area contributed by atoms with Crippen LogP contribution in [0, 0.1) is 6.92 Å². The largest absolute Gasteiger partial charge is 0.484 e. The number of benzene rings is 1. The van der Waals surface area contributed by atoms with Gasteiger partial charge in [0.1, 0.15) is 11.6 Å². The predicted molar refractivity (Wildman–Crippen MR) is 98.9 cm³/mol. The molecule has 10 heteroatoms. The molecule has 0 spiro atoms. The number of halogens is 1. The van der Waals surface area contributed by atoms with Gasteiger partial charge < -0.3 is 9.30 Å². The maximum atomic E-state index is 11.8. The van der Waals surface area contributed by atoms with Gasteiger partial charge in [-0.05, 0) is 31.2 Å². The summed E-state index contributed by atoms with van der Waals surface area (Å²) in [5.74, 6) is 0.460. The molecule has 2 aromatic rings. The molecule has 1 aromatic carbocycles. The van der Waals surface area contributed by atoms with E-state index < -0.39 is 5.91 Å². The lowest BCUT2D eigenvalue weighted by Gasteiger charge is -2.09.